The number of alkyl halides is 1. The maximum atomic E-state index is 16.9. The maximum absolute atomic E-state index is 16.9. The van der Waals surface area contributed by atoms with E-state index in [0.717, 1.165) is 45.4 Å². The summed E-state index contributed by atoms with van der Waals surface area (Å²) in [6, 6.07) is 12.2. The van der Waals surface area contributed by atoms with Gasteiger partial charge in [0.05, 0.1) is 71.7 Å². The summed E-state index contributed by atoms with van der Waals surface area (Å²) in [4.78, 5) is 74.0. The predicted octanol–water partition coefficient (Wildman–Crippen LogP) is 8.49. The fourth-order valence-electron chi connectivity index (χ4n) is 10.5. The lowest BCUT2D eigenvalue weighted by Crippen LogP contribution is -2.56. The number of H-pyrrole nitrogens is 2. The van der Waals surface area contributed by atoms with Crippen LogP contribution in [0.25, 0.3) is 44.7 Å². The van der Waals surface area contributed by atoms with Crippen LogP contribution in [-0.4, -0.2) is 117 Å². The lowest BCUT2D eigenvalue weighted by molar-refractivity contribution is -0.138. The average Bonchev–Trinajstić information content (AvgIpc) is 4.22. The molecule has 0 bridgehead atoms. The minimum absolute atomic E-state index is 0.0827. The number of imidazole rings is 2. The SMILES string of the molecule is COC(=O)NC(C(=O)N1CCC[C@H]1c1ncc(-c2cc(F)c3c(c2)OC(c2ccc(C)s2)n2c-3cc3cc(-c4cnc([C@@H]5CCCN5C(=O)[C@@H](NC(=O)OC)C5CCOCC5)[nH]4)ccc32)[nH]1)C(C)(C)F. The van der Waals surface area contributed by atoms with Crippen LogP contribution >= 0.6 is 11.3 Å². The summed E-state index contributed by atoms with van der Waals surface area (Å²) >= 11 is 1.59. The predicted molar refractivity (Wildman–Crippen MR) is 255 cm³/mol. The molecule has 4 aliphatic heterocycles. The Hall–Kier alpha value is -6.80. The Morgan fingerprint density at radius 2 is 1.47 bits per heavy atom. The number of halogens is 2. The number of carbonyl (C=O) groups is 4. The molecule has 368 valence electrons. The van der Waals surface area contributed by atoms with E-state index in [4.69, 9.17) is 19.2 Å². The van der Waals surface area contributed by atoms with Gasteiger partial charge in [0.1, 0.15) is 41.0 Å². The molecule has 4 N–H and O–H groups in total. The van der Waals surface area contributed by atoms with Crippen LogP contribution in [0.4, 0.5) is 18.4 Å². The third kappa shape index (κ3) is 8.75. The Morgan fingerprint density at radius 3 is 2.10 bits per heavy atom. The zero-order valence-corrected chi connectivity index (χ0v) is 40.3. The smallest absolute Gasteiger partial charge is 0.407 e. The van der Waals surface area contributed by atoms with E-state index in [0.29, 0.717) is 98.3 Å². The molecule has 0 spiro atoms. The molecule has 6 aromatic rings. The third-order valence-electron chi connectivity index (χ3n) is 14.0. The number of amides is 4. The number of aromatic nitrogens is 5. The lowest BCUT2D eigenvalue weighted by Gasteiger charge is -2.34. The zero-order chi connectivity index (χ0) is 49.0. The van der Waals surface area contributed by atoms with Gasteiger partial charge >= 0.3 is 12.2 Å². The molecular weight excluding hydrogens is 925 g/mol. The van der Waals surface area contributed by atoms with Crippen molar-refractivity contribution in [1.29, 1.82) is 0 Å². The number of fused-ring (bicyclic) bond motifs is 5. The number of hydrogen-bond acceptors (Lipinski definition) is 11. The van der Waals surface area contributed by atoms with Gasteiger partial charge in [-0.2, -0.15) is 0 Å². The van der Waals surface area contributed by atoms with Crippen LogP contribution in [0.15, 0.2) is 60.9 Å². The highest BCUT2D eigenvalue weighted by Crippen LogP contribution is 2.48. The molecule has 0 radical (unpaired) electrons. The largest absolute Gasteiger partial charge is 0.464 e. The molecule has 3 fully saturated rings. The molecule has 2 unspecified atom stereocenters. The van der Waals surface area contributed by atoms with E-state index in [1.165, 1.54) is 31.9 Å². The van der Waals surface area contributed by atoms with E-state index < -0.39 is 53.9 Å². The number of rotatable bonds is 11. The van der Waals surface area contributed by atoms with Crippen molar-refractivity contribution in [3.05, 3.63) is 88.1 Å². The number of ether oxygens (including phenoxy) is 4. The molecule has 70 heavy (non-hydrogen) atoms. The first-order chi connectivity index (χ1) is 33.7. The van der Waals surface area contributed by atoms with E-state index in [2.05, 4.69) is 30.3 Å². The second-order valence-corrected chi connectivity index (χ2v) is 20.2. The molecule has 4 aliphatic rings. The summed E-state index contributed by atoms with van der Waals surface area (Å²) in [5.74, 6) is 0.0711. The van der Waals surface area contributed by atoms with Gasteiger partial charge in [-0.25, -0.2) is 28.3 Å². The highest BCUT2D eigenvalue weighted by Gasteiger charge is 2.44. The number of aromatic amines is 2. The Labute approximate surface area is 406 Å². The fraction of sp³-hybridized carbons (Fsp3) is 0.440. The van der Waals surface area contributed by atoms with Crippen molar-refractivity contribution in [2.45, 2.75) is 95.4 Å². The summed E-state index contributed by atoms with van der Waals surface area (Å²) in [6.07, 6.45) is 5.12. The van der Waals surface area contributed by atoms with Gasteiger partial charge in [0.2, 0.25) is 18.0 Å². The fourth-order valence-corrected chi connectivity index (χ4v) is 11.4. The van der Waals surface area contributed by atoms with Gasteiger partial charge in [-0.1, -0.05) is 6.07 Å². The topological polar surface area (TPSA) is 198 Å². The summed E-state index contributed by atoms with van der Waals surface area (Å²) in [5.41, 5.74) is 2.25. The molecule has 3 saturated heterocycles. The summed E-state index contributed by atoms with van der Waals surface area (Å²) in [6.45, 7) is 6.37. The van der Waals surface area contributed by atoms with Gasteiger partial charge in [0.25, 0.3) is 0 Å². The minimum Gasteiger partial charge on any atom is -0.464 e. The number of hydrogen-bond donors (Lipinski definition) is 4. The number of methoxy groups -OCH3 is 2. The first kappa shape index (κ1) is 46.9. The van der Waals surface area contributed by atoms with Gasteiger partial charge in [-0.05, 0) is 108 Å². The van der Waals surface area contributed by atoms with E-state index in [-0.39, 0.29) is 17.9 Å². The van der Waals surface area contributed by atoms with Crippen LogP contribution in [0.5, 0.6) is 5.75 Å². The number of benzene rings is 2. The molecule has 10 rings (SSSR count). The molecule has 0 aliphatic carbocycles. The van der Waals surface area contributed by atoms with Crippen LogP contribution in [-0.2, 0) is 23.8 Å². The monoisotopic (exact) mass is 979 g/mol. The molecular formula is C50H55F2N9O8S. The van der Waals surface area contributed by atoms with E-state index in [1.54, 1.807) is 29.8 Å². The van der Waals surface area contributed by atoms with Crippen molar-refractivity contribution in [3.8, 4) is 39.5 Å². The van der Waals surface area contributed by atoms with Crippen LogP contribution in [0, 0.1) is 18.7 Å². The summed E-state index contributed by atoms with van der Waals surface area (Å²) in [5, 5.41) is 6.01. The number of thiophene rings is 1. The van der Waals surface area contributed by atoms with Gasteiger partial charge in [0, 0.05) is 47.7 Å². The van der Waals surface area contributed by atoms with Crippen LogP contribution in [0.3, 0.4) is 0 Å². The Bertz CT molecular complexity index is 2970. The van der Waals surface area contributed by atoms with Gasteiger partial charge in [-0.3, -0.25) is 14.2 Å². The molecule has 5 atom stereocenters. The van der Waals surface area contributed by atoms with E-state index >= 15 is 8.78 Å². The molecule has 17 nitrogen and oxygen atoms in total. The van der Waals surface area contributed by atoms with E-state index in [9.17, 15) is 19.2 Å². The standard InChI is InChI=1S/C50H55F2N9O8S/c1-26-10-13-39(70-26)47-61-34-12-11-28(32-24-53-43(55-32)35-8-6-16-59(35)45(62)41(57-48(64)66-4)27-14-18-68-19-15-27)20-30(34)22-37(61)40-31(51)21-29(23-38(40)69-47)33-25-54-44(56-33)36-9-7-17-60(36)46(63)42(50(2,3)52)58-49(65)67-5/h10-13,20-25,27,35-36,41-42,47H,6-9,14-19H2,1-5H3,(H,53,55)(H,54,56)(H,57,64)(H,58,65)/t35-,36-,41-,42?,47?/m0/s1. The van der Waals surface area contributed by atoms with Gasteiger partial charge < -0.3 is 49.3 Å². The first-order valence-electron chi connectivity index (χ1n) is 23.6. The molecule has 0 saturated carbocycles. The van der Waals surface area contributed by atoms with Gasteiger partial charge in [0.15, 0.2) is 0 Å². The van der Waals surface area contributed by atoms with Crippen LogP contribution in [0.1, 0.15) is 92.1 Å². The highest BCUT2D eigenvalue weighted by molar-refractivity contribution is 7.12. The quantitative estimate of drug-likeness (QED) is 0.0977. The van der Waals surface area contributed by atoms with Crippen molar-refractivity contribution in [3.63, 3.8) is 0 Å². The van der Waals surface area contributed by atoms with E-state index in [1.807, 2.05) is 52.8 Å². The maximum Gasteiger partial charge on any atom is 0.407 e. The molecule has 2 aromatic carbocycles. The zero-order valence-electron chi connectivity index (χ0n) is 39.5. The van der Waals surface area contributed by atoms with Crippen molar-refractivity contribution in [1.82, 2.24) is 44.9 Å². The molecule has 8 heterocycles. The second-order valence-electron chi connectivity index (χ2n) is 18.9. The molecule has 4 aromatic heterocycles. The Balaban J connectivity index is 0.942. The summed E-state index contributed by atoms with van der Waals surface area (Å²) < 4.78 is 56.1. The Kier molecular flexibility index (Phi) is 12.6. The average molecular weight is 980 g/mol. The van der Waals surface area contributed by atoms with Crippen LogP contribution in [0.2, 0.25) is 0 Å². The lowest BCUT2D eigenvalue weighted by atomic mass is 9.90. The molecule has 4 amide bonds. The number of carbonyl (C=O) groups excluding carboxylic acids is 4. The highest BCUT2D eigenvalue weighted by atomic mass is 32.1. The third-order valence-corrected chi connectivity index (χ3v) is 15.0. The number of aryl methyl sites for hydroxylation is 1. The number of likely N-dealkylation sites (tertiary alicyclic amines) is 2. The second kappa shape index (κ2) is 18.8. The normalized spacial score (nSPS) is 20.1. The first-order valence-corrected chi connectivity index (χ1v) is 24.4. The van der Waals surface area contributed by atoms with Crippen molar-refractivity contribution in [2.24, 2.45) is 5.92 Å². The van der Waals surface area contributed by atoms with Gasteiger partial charge in [-0.15, -0.1) is 11.3 Å². The van der Waals surface area contributed by atoms with Crippen molar-refractivity contribution < 1.29 is 46.9 Å². The Morgan fingerprint density at radius 1 is 0.829 bits per heavy atom. The number of nitrogens with one attached hydrogen (secondary N) is 4. The summed E-state index contributed by atoms with van der Waals surface area (Å²) in [7, 11) is 2.43. The molecule has 20 heteroatoms. The minimum atomic E-state index is -2.09. The number of alkyl carbamates (subject to hydrolysis) is 2. The van der Waals surface area contributed by atoms with Crippen LogP contribution < -0.4 is 15.4 Å². The van der Waals surface area contributed by atoms with Crippen molar-refractivity contribution >= 4 is 46.2 Å². The van der Waals surface area contributed by atoms with Crippen molar-refractivity contribution in [2.75, 3.05) is 40.5 Å². The number of nitrogens with zero attached hydrogens (tertiary/aromatic N) is 5.